The van der Waals surface area contributed by atoms with Gasteiger partial charge in [-0.25, -0.2) is 4.79 Å². The summed E-state index contributed by atoms with van der Waals surface area (Å²) in [6.45, 7) is 2.29. The first-order chi connectivity index (χ1) is 8.63. The molecule has 0 atom stereocenters. The first-order valence-corrected chi connectivity index (χ1v) is 5.80. The maximum absolute atomic E-state index is 10.5. The standard InChI is InChI=1S/C14H19NO3/c1-15(9-10-18-2)11-13-6-4-3-5-12(13)7-8-14(16)17/h3-8H,9-11H2,1-2H3,(H,16,17)/b8-7+. The van der Waals surface area contributed by atoms with Crippen molar-refractivity contribution in [3.63, 3.8) is 0 Å². The molecule has 0 unspecified atom stereocenters. The molecule has 0 spiro atoms. The van der Waals surface area contributed by atoms with E-state index in [1.54, 1.807) is 13.2 Å². The lowest BCUT2D eigenvalue weighted by molar-refractivity contribution is -0.131. The Bertz CT molecular complexity index is 415. The molecule has 0 heterocycles. The first-order valence-electron chi connectivity index (χ1n) is 5.80. The van der Waals surface area contributed by atoms with Crippen LogP contribution in [0, 0.1) is 0 Å². The Morgan fingerprint density at radius 1 is 1.44 bits per heavy atom. The summed E-state index contributed by atoms with van der Waals surface area (Å²) in [5.41, 5.74) is 2.04. The van der Waals surface area contributed by atoms with Crippen molar-refractivity contribution in [1.82, 2.24) is 4.90 Å². The number of aliphatic carboxylic acids is 1. The van der Waals surface area contributed by atoms with Gasteiger partial charge in [-0.05, 0) is 24.3 Å². The van der Waals surface area contributed by atoms with Crippen molar-refractivity contribution in [1.29, 1.82) is 0 Å². The Kier molecular flexibility index (Phi) is 6.11. The van der Waals surface area contributed by atoms with Crippen molar-refractivity contribution in [2.75, 3.05) is 27.3 Å². The largest absolute Gasteiger partial charge is 0.478 e. The summed E-state index contributed by atoms with van der Waals surface area (Å²) in [5.74, 6) is -0.933. The van der Waals surface area contributed by atoms with Crippen molar-refractivity contribution < 1.29 is 14.6 Å². The van der Waals surface area contributed by atoms with Gasteiger partial charge < -0.3 is 9.84 Å². The first kappa shape index (κ1) is 14.4. The number of likely N-dealkylation sites (N-methyl/N-ethyl adjacent to an activating group) is 1. The van der Waals surface area contributed by atoms with Crippen molar-refractivity contribution in [3.05, 3.63) is 41.5 Å². The molecule has 1 N–H and O–H groups in total. The molecule has 4 heteroatoms. The maximum Gasteiger partial charge on any atom is 0.328 e. The highest BCUT2D eigenvalue weighted by Crippen LogP contribution is 2.12. The van der Waals surface area contributed by atoms with E-state index in [1.165, 1.54) is 0 Å². The van der Waals surface area contributed by atoms with Crippen LogP contribution in [0.25, 0.3) is 6.08 Å². The lowest BCUT2D eigenvalue weighted by atomic mass is 10.1. The third-order valence-corrected chi connectivity index (χ3v) is 2.58. The number of methoxy groups -OCH3 is 1. The molecule has 0 aliphatic heterocycles. The summed E-state index contributed by atoms with van der Waals surface area (Å²) in [6, 6.07) is 7.78. The smallest absolute Gasteiger partial charge is 0.328 e. The second kappa shape index (κ2) is 7.63. The predicted molar refractivity (Wildman–Crippen MR) is 71.3 cm³/mol. The van der Waals surface area contributed by atoms with Crippen molar-refractivity contribution in [3.8, 4) is 0 Å². The third-order valence-electron chi connectivity index (χ3n) is 2.58. The quantitative estimate of drug-likeness (QED) is 0.749. The number of rotatable bonds is 7. The van der Waals surface area contributed by atoms with Gasteiger partial charge in [0.1, 0.15) is 0 Å². The van der Waals surface area contributed by atoms with E-state index in [4.69, 9.17) is 9.84 Å². The fourth-order valence-electron chi connectivity index (χ4n) is 1.62. The number of ether oxygens (including phenoxy) is 1. The van der Waals surface area contributed by atoms with E-state index in [0.717, 1.165) is 30.3 Å². The summed E-state index contributed by atoms with van der Waals surface area (Å²) >= 11 is 0. The van der Waals surface area contributed by atoms with E-state index in [0.29, 0.717) is 6.61 Å². The minimum Gasteiger partial charge on any atom is -0.478 e. The number of carboxylic acids is 1. The molecule has 0 fully saturated rings. The number of hydrogen-bond acceptors (Lipinski definition) is 3. The van der Waals surface area contributed by atoms with Crippen molar-refractivity contribution >= 4 is 12.0 Å². The third kappa shape index (κ3) is 5.12. The van der Waals surface area contributed by atoms with E-state index >= 15 is 0 Å². The van der Waals surface area contributed by atoms with Crippen LogP contribution in [-0.4, -0.2) is 43.3 Å². The highest BCUT2D eigenvalue weighted by molar-refractivity contribution is 5.85. The van der Waals surface area contributed by atoms with Gasteiger partial charge in [-0.3, -0.25) is 4.90 Å². The van der Waals surface area contributed by atoms with Crippen LogP contribution in [0.3, 0.4) is 0 Å². The van der Waals surface area contributed by atoms with E-state index in [2.05, 4.69) is 4.90 Å². The molecule has 0 aliphatic carbocycles. The minimum atomic E-state index is -0.933. The Morgan fingerprint density at radius 2 is 2.17 bits per heavy atom. The molecule has 1 aromatic carbocycles. The molecule has 0 bridgehead atoms. The fraction of sp³-hybridized carbons (Fsp3) is 0.357. The minimum absolute atomic E-state index is 0.684. The van der Waals surface area contributed by atoms with Gasteiger partial charge in [-0.15, -0.1) is 0 Å². The van der Waals surface area contributed by atoms with E-state index in [-0.39, 0.29) is 0 Å². The van der Waals surface area contributed by atoms with E-state index in [9.17, 15) is 4.79 Å². The van der Waals surface area contributed by atoms with Crippen LogP contribution in [-0.2, 0) is 16.1 Å². The number of benzene rings is 1. The molecule has 1 rings (SSSR count). The molecule has 0 aromatic heterocycles. The number of nitrogens with zero attached hydrogens (tertiary/aromatic N) is 1. The van der Waals surface area contributed by atoms with Gasteiger partial charge in [-0.2, -0.15) is 0 Å². The summed E-state index contributed by atoms with van der Waals surface area (Å²) in [7, 11) is 3.69. The number of hydrogen-bond donors (Lipinski definition) is 1. The number of carboxylic acid groups (broad SMARTS) is 1. The van der Waals surface area contributed by atoms with Crippen LogP contribution < -0.4 is 0 Å². The predicted octanol–water partition coefficient (Wildman–Crippen LogP) is 1.86. The van der Waals surface area contributed by atoms with Gasteiger partial charge in [0.25, 0.3) is 0 Å². The molecule has 0 saturated heterocycles. The normalized spacial score (nSPS) is 11.3. The van der Waals surface area contributed by atoms with E-state index in [1.807, 2.05) is 31.3 Å². The average molecular weight is 249 g/mol. The molecule has 0 aliphatic rings. The summed E-state index contributed by atoms with van der Waals surface area (Å²) in [5, 5.41) is 8.65. The van der Waals surface area contributed by atoms with Crippen LogP contribution in [0.15, 0.2) is 30.3 Å². The van der Waals surface area contributed by atoms with Crippen molar-refractivity contribution in [2.24, 2.45) is 0 Å². The van der Waals surface area contributed by atoms with Crippen molar-refractivity contribution in [2.45, 2.75) is 6.54 Å². The molecule has 0 amide bonds. The summed E-state index contributed by atoms with van der Waals surface area (Å²) < 4.78 is 5.03. The number of carbonyl (C=O) groups is 1. The SMILES string of the molecule is COCCN(C)Cc1ccccc1/C=C/C(=O)O. The molecular weight excluding hydrogens is 230 g/mol. The zero-order valence-corrected chi connectivity index (χ0v) is 10.8. The van der Waals surface area contributed by atoms with Gasteiger partial charge >= 0.3 is 5.97 Å². The van der Waals surface area contributed by atoms with Crippen LogP contribution >= 0.6 is 0 Å². The summed E-state index contributed by atoms with van der Waals surface area (Å²) in [6.07, 6.45) is 2.79. The Labute approximate surface area is 107 Å². The lowest BCUT2D eigenvalue weighted by Gasteiger charge is -2.17. The van der Waals surface area contributed by atoms with Crippen LogP contribution in [0.5, 0.6) is 0 Å². The maximum atomic E-state index is 10.5. The monoisotopic (exact) mass is 249 g/mol. The molecular formula is C14H19NO3. The Balaban J connectivity index is 2.72. The average Bonchev–Trinajstić information content (AvgIpc) is 2.35. The fourth-order valence-corrected chi connectivity index (χ4v) is 1.62. The molecule has 0 saturated carbocycles. The Morgan fingerprint density at radius 3 is 2.83 bits per heavy atom. The summed E-state index contributed by atoms with van der Waals surface area (Å²) in [4.78, 5) is 12.7. The van der Waals surface area contributed by atoms with Gasteiger partial charge in [0, 0.05) is 26.3 Å². The van der Waals surface area contributed by atoms with Gasteiger partial charge in [-0.1, -0.05) is 24.3 Å². The highest BCUT2D eigenvalue weighted by atomic mass is 16.5. The van der Waals surface area contributed by atoms with E-state index < -0.39 is 5.97 Å². The van der Waals surface area contributed by atoms with Gasteiger partial charge in [0.15, 0.2) is 0 Å². The topological polar surface area (TPSA) is 49.8 Å². The second-order valence-corrected chi connectivity index (χ2v) is 4.10. The van der Waals surface area contributed by atoms with Gasteiger partial charge in [0.2, 0.25) is 0 Å². The molecule has 18 heavy (non-hydrogen) atoms. The molecule has 1 aromatic rings. The molecule has 0 radical (unpaired) electrons. The molecule has 4 nitrogen and oxygen atoms in total. The van der Waals surface area contributed by atoms with Crippen LogP contribution in [0.2, 0.25) is 0 Å². The Hall–Kier alpha value is -1.65. The highest BCUT2D eigenvalue weighted by Gasteiger charge is 2.03. The lowest BCUT2D eigenvalue weighted by Crippen LogP contribution is -2.22. The zero-order chi connectivity index (χ0) is 13.4. The van der Waals surface area contributed by atoms with Gasteiger partial charge in [0.05, 0.1) is 6.61 Å². The zero-order valence-electron chi connectivity index (χ0n) is 10.8. The second-order valence-electron chi connectivity index (χ2n) is 4.10. The van der Waals surface area contributed by atoms with Crippen LogP contribution in [0.1, 0.15) is 11.1 Å². The molecule has 98 valence electrons. The van der Waals surface area contributed by atoms with Crippen LogP contribution in [0.4, 0.5) is 0 Å².